The minimum Gasteiger partial charge on any atom is -0.444 e. The van der Waals surface area contributed by atoms with Gasteiger partial charge in [-0.3, -0.25) is 20.2 Å². The molecule has 1 aromatic rings. The Balaban J connectivity index is 0.000000451. The zero-order valence-corrected chi connectivity index (χ0v) is 16.0. The van der Waals surface area contributed by atoms with Gasteiger partial charge in [0.1, 0.15) is 11.4 Å². The largest absolute Gasteiger partial charge is 0.444 e. The molecule has 2 aliphatic heterocycles. The van der Waals surface area contributed by atoms with Crippen LogP contribution in [-0.2, 0) is 19.1 Å². The van der Waals surface area contributed by atoms with Gasteiger partial charge in [-0.15, -0.1) is 0 Å². The molecule has 8 nitrogen and oxygen atoms in total. The molecule has 27 heavy (non-hydrogen) atoms. The van der Waals surface area contributed by atoms with Gasteiger partial charge in [-0.2, -0.15) is 0 Å². The van der Waals surface area contributed by atoms with Crippen molar-refractivity contribution in [2.24, 2.45) is 0 Å². The van der Waals surface area contributed by atoms with Gasteiger partial charge < -0.3 is 9.47 Å². The van der Waals surface area contributed by atoms with Crippen LogP contribution in [0.25, 0.3) is 0 Å². The van der Waals surface area contributed by atoms with Gasteiger partial charge in [-0.05, 0) is 51.7 Å². The first-order valence-corrected chi connectivity index (χ1v) is 9.12. The summed E-state index contributed by atoms with van der Waals surface area (Å²) in [6.07, 6.45) is 4.26. The molecule has 0 aromatic carbocycles. The van der Waals surface area contributed by atoms with Crippen molar-refractivity contribution >= 4 is 23.7 Å². The fourth-order valence-corrected chi connectivity index (χ4v) is 2.62. The Labute approximate surface area is 159 Å². The van der Waals surface area contributed by atoms with E-state index in [0.29, 0.717) is 24.2 Å². The Morgan fingerprint density at radius 1 is 1.26 bits per heavy atom. The fourth-order valence-electron chi connectivity index (χ4n) is 2.62. The summed E-state index contributed by atoms with van der Waals surface area (Å²) in [6.45, 7) is 7.31. The second-order valence-electron chi connectivity index (χ2n) is 7.43. The third kappa shape index (κ3) is 7.34. The van der Waals surface area contributed by atoms with Crippen LogP contribution in [0.2, 0.25) is 0 Å². The molecule has 2 fully saturated rings. The highest BCUT2D eigenvalue weighted by Crippen LogP contribution is 2.24. The molecular weight excluding hydrogens is 350 g/mol. The highest BCUT2D eigenvalue weighted by molar-refractivity contribution is 6.00. The molecule has 1 aromatic heterocycles. The molecule has 3 amide bonds. The van der Waals surface area contributed by atoms with Crippen LogP contribution in [0, 0.1) is 0 Å². The van der Waals surface area contributed by atoms with Crippen LogP contribution in [0.5, 0.6) is 0 Å². The average Bonchev–Trinajstić information content (AvgIpc) is 3.14. The Hall–Kier alpha value is -2.48. The highest BCUT2D eigenvalue weighted by atomic mass is 16.6. The summed E-state index contributed by atoms with van der Waals surface area (Å²) >= 11 is 0. The van der Waals surface area contributed by atoms with Crippen molar-refractivity contribution in [1.82, 2.24) is 10.3 Å². The number of hydrogen-bond donors (Lipinski definition) is 2. The Kier molecular flexibility index (Phi) is 7.29. The predicted octanol–water partition coefficient (Wildman–Crippen LogP) is 2.75. The molecule has 8 heteroatoms. The number of carbonyl (C=O) groups is 3. The predicted molar refractivity (Wildman–Crippen MR) is 99.3 cm³/mol. The number of nitrogens with zero attached hydrogens (tertiary/aromatic N) is 1. The normalized spacial score (nSPS) is 19.6. The summed E-state index contributed by atoms with van der Waals surface area (Å²) in [6, 6.07) is 3.31. The molecule has 0 saturated carbocycles. The van der Waals surface area contributed by atoms with Crippen molar-refractivity contribution in [2.45, 2.75) is 58.0 Å². The number of rotatable bonds is 2. The van der Waals surface area contributed by atoms with E-state index in [9.17, 15) is 14.4 Å². The van der Waals surface area contributed by atoms with Gasteiger partial charge in [0.2, 0.25) is 11.8 Å². The van der Waals surface area contributed by atoms with Gasteiger partial charge in [0, 0.05) is 25.8 Å². The first-order chi connectivity index (χ1) is 12.7. The summed E-state index contributed by atoms with van der Waals surface area (Å²) in [5.41, 5.74) is 0.122. The Bertz CT molecular complexity index is 655. The molecule has 1 unspecified atom stereocenters. The SMILES string of the molecule is C1CCOC1.CC(C)(C)OC(=O)Nc1ccc(C2CCC(=O)NC2=O)cn1. The lowest BCUT2D eigenvalue weighted by molar-refractivity contribution is -0.134. The second-order valence-corrected chi connectivity index (χ2v) is 7.43. The van der Waals surface area contributed by atoms with Crippen molar-refractivity contribution in [1.29, 1.82) is 0 Å². The monoisotopic (exact) mass is 377 g/mol. The summed E-state index contributed by atoms with van der Waals surface area (Å²) in [5, 5.41) is 4.82. The second kappa shape index (κ2) is 9.45. The first-order valence-electron chi connectivity index (χ1n) is 9.12. The van der Waals surface area contributed by atoms with Crippen molar-refractivity contribution < 1.29 is 23.9 Å². The maximum Gasteiger partial charge on any atom is 0.413 e. The Morgan fingerprint density at radius 3 is 2.44 bits per heavy atom. The number of amides is 3. The molecule has 3 heterocycles. The molecule has 2 saturated heterocycles. The van der Waals surface area contributed by atoms with Gasteiger partial charge in [0.25, 0.3) is 0 Å². The lowest BCUT2D eigenvalue weighted by Gasteiger charge is -2.21. The molecule has 0 radical (unpaired) electrons. The van der Waals surface area contributed by atoms with Crippen molar-refractivity contribution in [3.05, 3.63) is 23.9 Å². The summed E-state index contributed by atoms with van der Waals surface area (Å²) < 4.78 is 10.1. The van der Waals surface area contributed by atoms with E-state index in [-0.39, 0.29) is 17.7 Å². The first kappa shape index (κ1) is 20.8. The molecule has 2 N–H and O–H groups in total. The average molecular weight is 377 g/mol. The zero-order valence-electron chi connectivity index (χ0n) is 16.0. The van der Waals surface area contributed by atoms with E-state index in [2.05, 4.69) is 15.6 Å². The van der Waals surface area contributed by atoms with Gasteiger partial charge in [0.15, 0.2) is 0 Å². The van der Waals surface area contributed by atoms with Crippen molar-refractivity contribution in [3.8, 4) is 0 Å². The maximum absolute atomic E-state index is 11.8. The summed E-state index contributed by atoms with van der Waals surface area (Å²) in [4.78, 5) is 38.6. The number of imide groups is 1. The topological polar surface area (TPSA) is 107 Å². The molecule has 1 atom stereocenters. The standard InChI is InChI=1S/C15H19N3O4.C4H8O/c1-15(2,3)22-14(21)17-11-6-4-9(8-16-11)10-5-7-12(19)18-13(10)20;1-2-4-5-3-1/h4,6,8,10H,5,7H2,1-3H3,(H,16,17,21)(H,18,19,20);1-4H2. The van der Waals surface area contributed by atoms with Gasteiger partial charge in [-0.25, -0.2) is 9.78 Å². The third-order valence-electron chi connectivity index (χ3n) is 3.88. The van der Waals surface area contributed by atoms with E-state index in [0.717, 1.165) is 13.2 Å². The van der Waals surface area contributed by atoms with Gasteiger partial charge in [-0.1, -0.05) is 6.07 Å². The molecular formula is C19H27N3O5. The number of hydrogen-bond acceptors (Lipinski definition) is 6. The minimum absolute atomic E-state index is 0.252. The number of anilines is 1. The number of pyridine rings is 1. The number of nitrogens with one attached hydrogen (secondary N) is 2. The van der Waals surface area contributed by atoms with E-state index in [1.807, 2.05) is 0 Å². The fraction of sp³-hybridized carbons (Fsp3) is 0.579. The summed E-state index contributed by atoms with van der Waals surface area (Å²) in [7, 11) is 0. The minimum atomic E-state index is -0.589. The number of carbonyl (C=O) groups excluding carboxylic acids is 3. The van der Waals surface area contributed by atoms with Crippen LogP contribution in [0.1, 0.15) is 57.9 Å². The lowest BCUT2D eigenvalue weighted by atomic mass is 9.92. The van der Waals surface area contributed by atoms with Gasteiger partial charge >= 0.3 is 6.09 Å². The van der Waals surface area contributed by atoms with Crippen LogP contribution in [0.3, 0.4) is 0 Å². The van der Waals surface area contributed by atoms with Crippen LogP contribution in [0.15, 0.2) is 18.3 Å². The molecule has 0 spiro atoms. The maximum atomic E-state index is 11.8. The van der Waals surface area contributed by atoms with Crippen LogP contribution >= 0.6 is 0 Å². The van der Waals surface area contributed by atoms with E-state index < -0.39 is 11.7 Å². The molecule has 148 valence electrons. The summed E-state index contributed by atoms with van der Waals surface area (Å²) in [5.74, 6) is -0.616. The molecule has 0 bridgehead atoms. The Morgan fingerprint density at radius 2 is 1.96 bits per heavy atom. The molecule has 2 aliphatic rings. The van der Waals surface area contributed by atoms with Crippen LogP contribution in [-0.4, -0.2) is 41.7 Å². The highest BCUT2D eigenvalue weighted by Gasteiger charge is 2.28. The molecule has 0 aliphatic carbocycles. The van der Waals surface area contributed by atoms with Crippen LogP contribution in [0.4, 0.5) is 10.6 Å². The smallest absolute Gasteiger partial charge is 0.413 e. The number of ether oxygens (including phenoxy) is 2. The van der Waals surface area contributed by atoms with Crippen molar-refractivity contribution in [3.63, 3.8) is 0 Å². The number of aromatic nitrogens is 1. The quantitative estimate of drug-likeness (QED) is 0.768. The number of piperidine rings is 1. The van der Waals surface area contributed by atoms with Gasteiger partial charge in [0.05, 0.1) is 5.92 Å². The third-order valence-corrected chi connectivity index (χ3v) is 3.88. The zero-order chi connectivity index (χ0) is 19.9. The lowest BCUT2D eigenvalue weighted by Crippen LogP contribution is -2.39. The van der Waals surface area contributed by atoms with E-state index in [4.69, 9.17) is 9.47 Å². The van der Waals surface area contributed by atoms with Crippen LogP contribution < -0.4 is 10.6 Å². The van der Waals surface area contributed by atoms with Crippen molar-refractivity contribution in [2.75, 3.05) is 18.5 Å². The van der Waals surface area contributed by atoms with E-state index in [1.165, 1.54) is 19.0 Å². The van der Waals surface area contributed by atoms with E-state index in [1.54, 1.807) is 32.9 Å². The van der Waals surface area contributed by atoms with E-state index >= 15 is 0 Å². The molecule has 3 rings (SSSR count).